The summed E-state index contributed by atoms with van der Waals surface area (Å²) in [7, 11) is 1.78. The van der Waals surface area contributed by atoms with Gasteiger partial charge in [-0.25, -0.2) is 0 Å². The van der Waals surface area contributed by atoms with E-state index in [2.05, 4.69) is 10.2 Å². The van der Waals surface area contributed by atoms with Crippen molar-refractivity contribution in [1.29, 1.82) is 0 Å². The van der Waals surface area contributed by atoms with Gasteiger partial charge in [0, 0.05) is 7.05 Å². The quantitative estimate of drug-likeness (QED) is 0.672. The average Bonchev–Trinajstić information content (AvgIpc) is 2.64. The predicted octanol–water partition coefficient (Wildman–Crippen LogP) is 0.657. The van der Waals surface area contributed by atoms with Crippen LogP contribution < -0.4 is 5.73 Å². The molecule has 0 fully saturated rings. The molecule has 0 saturated carbocycles. The molecule has 0 bridgehead atoms. The fraction of sp³-hybridized carbons (Fsp3) is 0.143. The Kier molecular flexibility index (Phi) is 1.36. The largest absolute Gasteiger partial charge is 0.461 e. The maximum atomic E-state index is 5.49. The van der Waals surface area contributed by atoms with Crippen molar-refractivity contribution in [3.63, 3.8) is 0 Å². The van der Waals surface area contributed by atoms with Gasteiger partial charge in [0.05, 0.1) is 6.26 Å². The zero-order valence-corrected chi connectivity index (χ0v) is 6.56. The van der Waals surface area contributed by atoms with Crippen molar-refractivity contribution in [3.8, 4) is 11.6 Å². The zero-order valence-electron chi connectivity index (χ0n) is 6.56. The van der Waals surface area contributed by atoms with Gasteiger partial charge in [0.1, 0.15) is 0 Å². The van der Waals surface area contributed by atoms with E-state index in [0.29, 0.717) is 17.5 Å². The number of hydrogen-bond donors (Lipinski definition) is 1. The van der Waals surface area contributed by atoms with Crippen LogP contribution in [0.25, 0.3) is 11.6 Å². The molecule has 0 radical (unpaired) electrons. The average molecular weight is 164 g/mol. The van der Waals surface area contributed by atoms with Crippen LogP contribution >= 0.6 is 0 Å². The summed E-state index contributed by atoms with van der Waals surface area (Å²) in [6.45, 7) is 0. The first-order valence-electron chi connectivity index (χ1n) is 3.48. The van der Waals surface area contributed by atoms with E-state index >= 15 is 0 Å². The van der Waals surface area contributed by atoms with Gasteiger partial charge in [0.2, 0.25) is 11.8 Å². The lowest BCUT2D eigenvalue weighted by atomic mass is 10.4. The van der Waals surface area contributed by atoms with Gasteiger partial charge in [-0.15, -0.1) is 10.2 Å². The highest BCUT2D eigenvalue weighted by atomic mass is 16.3. The summed E-state index contributed by atoms with van der Waals surface area (Å²) < 4.78 is 6.80. The number of anilines is 1. The second kappa shape index (κ2) is 2.37. The van der Waals surface area contributed by atoms with Crippen molar-refractivity contribution >= 4 is 5.95 Å². The van der Waals surface area contributed by atoms with Crippen molar-refractivity contribution in [3.05, 3.63) is 18.4 Å². The number of nitrogens with zero attached hydrogens (tertiary/aromatic N) is 3. The molecule has 0 spiro atoms. The van der Waals surface area contributed by atoms with E-state index in [1.54, 1.807) is 23.9 Å². The molecule has 0 aromatic carbocycles. The Morgan fingerprint density at radius 2 is 2.33 bits per heavy atom. The second-order valence-corrected chi connectivity index (χ2v) is 2.42. The van der Waals surface area contributed by atoms with E-state index in [1.165, 1.54) is 0 Å². The number of nitrogen functional groups attached to an aromatic ring is 1. The molecule has 2 aromatic heterocycles. The number of furan rings is 1. The molecule has 2 rings (SSSR count). The standard InChI is InChI=1S/C7H8N4O/c1-11-6(9-10-7(11)8)5-3-2-4-12-5/h2-4H,1H3,(H2,8,10). The fourth-order valence-corrected chi connectivity index (χ4v) is 0.962. The van der Waals surface area contributed by atoms with Crippen molar-refractivity contribution in [2.24, 2.45) is 7.05 Å². The van der Waals surface area contributed by atoms with Crippen LogP contribution in [0.4, 0.5) is 5.95 Å². The van der Waals surface area contributed by atoms with E-state index in [-0.39, 0.29) is 0 Å². The van der Waals surface area contributed by atoms with Gasteiger partial charge in [-0.3, -0.25) is 4.57 Å². The lowest BCUT2D eigenvalue weighted by molar-refractivity contribution is 0.574. The molecule has 2 N–H and O–H groups in total. The number of aromatic nitrogens is 3. The Labute approximate surface area is 68.8 Å². The lowest BCUT2D eigenvalue weighted by Gasteiger charge is -1.95. The minimum absolute atomic E-state index is 0.376. The maximum Gasteiger partial charge on any atom is 0.222 e. The summed E-state index contributed by atoms with van der Waals surface area (Å²) in [6.07, 6.45) is 1.58. The molecule has 62 valence electrons. The molecule has 5 heteroatoms. The molecule has 0 unspecified atom stereocenters. The highest BCUT2D eigenvalue weighted by molar-refractivity contribution is 5.48. The van der Waals surface area contributed by atoms with Gasteiger partial charge < -0.3 is 10.2 Å². The minimum atomic E-state index is 0.376. The highest BCUT2D eigenvalue weighted by Gasteiger charge is 2.09. The van der Waals surface area contributed by atoms with Crippen LogP contribution in [0.5, 0.6) is 0 Å². The summed E-state index contributed by atoms with van der Waals surface area (Å²) in [4.78, 5) is 0. The predicted molar refractivity (Wildman–Crippen MR) is 43.1 cm³/mol. The molecular formula is C7H8N4O. The minimum Gasteiger partial charge on any atom is -0.461 e. The third-order valence-corrected chi connectivity index (χ3v) is 1.65. The van der Waals surface area contributed by atoms with Crippen molar-refractivity contribution < 1.29 is 4.42 Å². The molecule has 0 atom stereocenters. The molecule has 2 aromatic rings. The topological polar surface area (TPSA) is 69.9 Å². The van der Waals surface area contributed by atoms with Crippen LogP contribution in [0.2, 0.25) is 0 Å². The monoisotopic (exact) mass is 164 g/mol. The molecule has 2 heterocycles. The Balaban J connectivity index is 2.55. The molecule has 5 nitrogen and oxygen atoms in total. The van der Waals surface area contributed by atoms with Crippen LogP contribution in [-0.2, 0) is 7.05 Å². The van der Waals surface area contributed by atoms with Gasteiger partial charge in [-0.2, -0.15) is 0 Å². The van der Waals surface area contributed by atoms with Crippen LogP contribution in [0.15, 0.2) is 22.8 Å². The Bertz CT molecular complexity index is 376. The summed E-state index contributed by atoms with van der Waals surface area (Å²) in [5.74, 6) is 1.68. The molecule has 0 aliphatic rings. The van der Waals surface area contributed by atoms with Crippen LogP contribution in [0, 0.1) is 0 Å². The first-order chi connectivity index (χ1) is 5.79. The van der Waals surface area contributed by atoms with Gasteiger partial charge in [-0.05, 0) is 12.1 Å². The lowest BCUT2D eigenvalue weighted by Crippen LogP contribution is -1.97. The SMILES string of the molecule is Cn1c(N)nnc1-c1ccco1. The van der Waals surface area contributed by atoms with Gasteiger partial charge in [0.25, 0.3) is 0 Å². The molecule has 0 amide bonds. The Hall–Kier alpha value is -1.78. The molecule has 0 saturated heterocycles. The number of hydrogen-bond acceptors (Lipinski definition) is 4. The Morgan fingerprint density at radius 1 is 1.50 bits per heavy atom. The fourth-order valence-electron chi connectivity index (χ4n) is 0.962. The number of rotatable bonds is 1. The van der Waals surface area contributed by atoms with E-state index in [9.17, 15) is 0 Å². The van der Waals surface area contributed by atoms with Crippen molar-refractivity contribution in [1.82, 2.24) is 14.8 Å². The zero-order chi connectivity index (χ0) is 8.55. The molecular weight excluding hydrogens is 156 g/mol. The van der Waals surface area contributed by atoms with Crippen LogP contribution in [-0.4, -0.2) is 14.8 Å². The summed E-state index contributed by atoms with van der Waals surface area (Å²) in [5.41, 5.74) is 5.49. The van der Waals surface area contributed by atoms with E-state index in [1.807, 2.05) is 6.07 Å². The Morgan fingerprint density at radius 3 is 2.83 bits per heavy atom. The smallest absolute Gasteiger partial charge is 0.222 e. The van der Waals surface area contributed by atoms with Crippen molar-refractivity contribution in [2.45, 2.75) is 0 Å². The van der Waals surface area contributed by atoms with E-state index in [0.717, 1.165) is 0 Å². The second-order valence-electron chi connectivity index (χ2n) is 2.42. The molecule has 12 heavy (non-hydrogen) atoms. The first-order valence-corrected chi connectivity index (χ1v) is 3.48. The van der Waals surface area contributed by atoms with Crippen molar-refractivity contribution in [2.75, 3.05) is 5.73 Å². The van der Waals surface area contributed by atoms with Crippen LogP contribution in [0.3, 0.4) is 0 Å². The molecule has 0 aliphatic heterocycles. The summed E-state index contributed by atoms with van der Waals surface area (Å²) >= 11 is 0. The van der Waals surface area contributed by atoms with Crippen LogP contribution in [0.1, 0.15) is 0 Å². The maximum absolute atomic E-state index is 5.49. The third-order valence-electron chi connectivity index (χ3n) is 1.65. The van der Waals surface area contributed by atoms with Gasteiger partial charge >= 0.3 is 0 Å². The van der Waals surface area contributed by atoms with Gasteiger partial charge in [-0.1, -0.05) is 0 Å². The highest BCUT2D eigenvalue weighted by Crippen LogP contribution is 2.17. The number of nitrogens with two attached hydrogens (primary N) is 1. The first kappa shape index (κ1) is 6.90. The summed E-state index contributed by atoms with van der Waals surface area (Å²) in [5, 5.41) is 7.55. The van der Waals surface area contributed by atoms with E-state index in [4.69, 9.17) is 10.2 Å². The normalized spacial score (nSPS) is 10.4. The van der Waals surface area contributed by atoms with Gasteiger partial charge in [0.15, 0.2) is 5.76 Å². The van der Waals surface area contributed by atoms with E-state index < -0.39 is 0 Å². The molecule has 0 aliphatic carbocycles. The third kappa shape index (κ3) is 0.868. The summed E-state index contributed by atoms with van der Waals surface area (Å²) in [6, 6.07) is 3.60.